The second-order valence-corrected chi connectivity index (χ2v) is 6.42. The Morgan fingerprint density at radius 3 is 2.53 bits per heavy atom. The molecule has 0 aliphatic heterocycles. The van der Waals surface area contributed by atoms with Crippen LogP contribution < -0.4 is 5.32 Å². The van der Waals surface area contributed by atoms with Gasteiger partial charge in [0.25, 0.3) is 0 Å². The van der Waals surface area contributed by atoms with E-state index in [1.54, 1.807) is 32.1 Å². The van der Waals surface area contributed by atoms with Crippen LogP contribution in [0.5, 0.6) is 0 Å². The summed E-state index contributed by atoms with van der Waals surface area (Å²) < 4.78 is 5.05. The Morgan fingerprint density at radius 1 is 1.47 bits per heavy atom. The Hall–Kier alpha value is -1.56. The number of rotatable bonds is 4. The average Bonchev–Trinajstić information content (AvgIpc) is 2.60. The Bertz CT molecular complexity index is 461. The van der Waals surface area contributed by atoms with E-state index in [1.165, 1.54) is 0 Å². The zero-order valence-corrected chi connectivity index (χ0v) is 12.3. The van der Waals surface area contributed by atoms with Gasteiger partial charge < -0.3 is 15.2 Å². The summed E-state index contributed by atoms with van der Waals surface area (Å²) in [5.74, 6) is -1.07. The van der Waals surface area contributed by atoms with Crippen LogP contribution in [0.3, 0.4) is 0 Å². The molecule has 2 N–H and O–H groups in total. The van der Waals surface area contributed by atoms with E-state index >= 15 is 0 Å². The van der Waals surface area contributed by atoms with E-state index in [-0.39, 0.29) is 6.42 Å². The van der Waals surface area contributed by atoms with E-state index in [9.17, 15) is 9.59 Å². The van der Waals surface area contributed by atoms with E-state index in [0.717, 1.165) is 10.4 Å². The molecule has 1 amide bonds. The molecular weight excluding hydrogens is 266 g/mol. The maximum atomic E-state index is 11.6. The largest absolute Gasteiger partial charge is 0.480 e. The number of hydrogen-bond donors (Lipinski definition) is 2. The van der Waals surface area contributed by atoms with Crippen molar-refractivity contribution in [1.29, 1.82) is 0 Å². The number of carbonyl (C=O) groups is 2. The molecule has 6 heteroatoms. The van der Waals surface area contributed by atoms with Crippen molar-refractivity contribution in [1.82, 2.24) is 5.32 Å². The minimum atomic E-state index is -1.07. The van der Waals surface area contributed by atoms with Crippen LogP contribution in [-0.4, -0.2) is 28.8 Å². The second kappa shape index (κ2) is 6.06. The van der Waals surface area contributed by atoms with E-state index in [4.69, 9.17) is 9.84 Å². The summed E-state index contributed by atoms with van der Waals surface area (Å²) in [6.07, 6.45) is -0.467. The first kappa shape index (κ1) is 15.5. The van der Waals surface area contributed by atoms with Gasteiger partial charge in [0.1, 0.15) is 11.6 Å². The van der Waals surface area contributed by atoms with Crippen LogP contribution in [0.1, 0.15) is 31.2 Å². The summed E-state index contributed by atoms with van der Waals surface area (Å²) in [7, 11) is 0. The number of nitrogens with one attached hydrogen (secondary N) is 1. The van der Waals surface area contributed by atoms with E-state index in [1.807, 2.05) is 18.4 Å². The average molecular weight is 285 g/mol. The highest BCUT2D eigenvalue weighted by Gasteiger charge is 2.24. The van der Waals surface area contributed by atoms with Crippen LogP contribution in [0.4, 0.5) is 4.79 Å². The van der Waals surface area contributed by atoms with Crippen molar-refractivity contribution in [3.63, 3.8) is 0 Å². The van der Waals surface area contributed by atoms with Gasteiger partial charge in [-0.05, 0) is 44.7 Å². The summed E-state index contributed by atoms with van der Waals surface area (Å²) in [5, 5.41) is 13.4. The minimum Gasteiger partial charge on any atom is -0.480 e. The number of aryl methyl sites for hydroxylation is 1. The Morgan fingerprint density at radius 2 is 2.11 bits per heavy atom. The number of carboxylic acids is 1. The van der Waals surface area contributed by atoms with Crippen LogP contribution in [0, 0.1) is 6.92 Å². The first-order valence-electron chi connectivity index (χ1n) is 5.94. The van der Waals surface area contributed by atoms with E-state index in [0.29, 0.717) is 0 Å². The van der Waals surface area contributed by atoms with E-state index in [2.05, 4.69) is 5.32 Å². The fourth-order valence-electron chi connectivity index (χ4n) is 1.49. The van der Waals surface area contributed by atoms with Crippen LogP contribution in [0.15, 0.2) is 11.4 Å². The van der Waals surface area contributed by atoms with Crippen molar-refractivity contribution in [2.24, 2.45) is 0 Å². The van der Waals surface area contributed by atoms with Crippen molar-refractivity contribution < 1.29 is 19.4 Å². The zero-order chi connectivity index (χ0) is 14.6. The van der Waals surface area contributed by atoms with Gasteiger partial charge in [-0.15, -0.1) is 11.3 Å². The van der Waals surface area contributed by atoms with Gasteiger partial charge in [0.05, 0.1) is 0 Å². The van der Waals surface area contributed by atoms with Crippen molar-refractivity contribution in [2.45, 2.75) is 45.8 Å². The van der Waals surface area contributed by atoms with Gasteiger partial charge in [-0.1, -0.05) is 0 Å². The Balaban J connectivity index is 2.63. The second-order valence-electron chi connectivity index (χ2n) is 5.31. The summed E-state index contributed by atoms with van der Waals surface area (Å²) in [4.78, 5) is 23.8. The van der Waals surface area contributed by atoms with Gasteiger partial charge >= 0.3 is 12.1 Å². The number of thiophene rings is 1. The lowest BCUT2D eigenvalue weighted by Gasteiger charge is -2.21. The molecule has 0 radical (unpaired) electrons. The molecule has 0 aliphatic carbocycles. The molecule has 0 aromatic carbocycles. The molecule has 5 nitrogen and oxygen atoms in total. The molecule has 0 saturated heterocycles. The number of alkyl carbamates (subject to hydrolysis) is 1. The van der Waals surface area contributed by atoms with Crippen LogP contribution >= 0.6 is 11.3 Å². The third-order valence-corrected chi connectivity index (χ3v) is 3.12. The maximum Gasteiger partial charge on any atom is 0.408 e. The monoisotopic (exact) mass is 285 g/mol. The minimum absolute atomic E-state index is 0.249. The molecule has 1 aromatic heterocycles. The summed E-state index contributed by atoms with van der Waals surface area (Å²) in [5.41, 5.74) is 0.248. The Kier molecular flexibility index (Phi) is 4.94. The predicted octanol–water partition coefficient (Wildman–Crippen LogP) is 2.58. The van der Waals surface area contributed by atoms with Gasteiger partial charge in [0.15, 0.2) is 0 Å². The van der Waals surface area contributed by atoms with Gasteiger partial charge in [-0.3, -0.25) is 0 Å². The molecule has 19 heavy (non-hydrogen) atoms. The molecule has 0 spiro atoms. The molecule has 1 heterocycles. The van der Waals surface area contributed by atoms with Gasteiger partial charge in [0, 0.05) is 11.3 Å². The third-order valence-electron chi connectivity index (χ3n) is 2.21. The highest BCUT2D eigenvalue weighted by Crippen LogP contribution is 2.15. The Labute approximate surface area is 116 Å². The lowest BCUT2D eigenvalue weighted by molar-refractivity contribution is -0.139. The van der Waals surface area contributed by atoms with Crippen LogP contribution in [0.2, 0.25) is 0 Å². The fraction of sp³-hybridized carbons (Fsp3) is 0.538. The standard InChI is InChI=1S/C13H19NO4S/c1-8-5-9(7-19-8)6-10(11(15)16)14-12(17)18-13(2,3)4/h5,7,10H,6H2,1-4H3,(H,14,17)(H,15,16). The van der Waals surface area contributed by atoms with Gasteiger partial charge in [-0.25, -0.2) is 9.59 Å². The molecule has 1 aromatic rings. The highest BCUT2D eigenvalue weighted by molar-refractivity contribution is 7.10. The van der Waals surface area contributed by atoms with Crippen LogP contribution in [0.25, 0.3) is 0 Å². The van der Waals surface area contributed by atoms with Crippen molar-refractivity contribution in [2.75, 3.05) is 0 Å². The predicted molar refractivity (Wildman–Crippen MR) is 73.6 cm³/mol. The molecule has 0 bridgehead atoms. The molecule has 1 atom stereocenters. The number of carbonyl (C=O) groups excluding carboxylic acids is 1. The van der Waals surface area contributed by atoms with Crippen molar-refractivity contribution in [3.05, 3.63) is 21.9 Å². The summed E-state index contributed by atoms with van der Waals surface area (Å²) in [6, 6.07) is 0.932. The maximum absolute atomic E-state index is 11.6. The first-order chi connectivity index (χ1) is 8.67. The van der Waals surface area contributed by atoms with E-state index < -0.39 is 23.7 Å². The number of aliphatic carboxylic acids is 1. The number of carboxylic acid groups (broad SMARTS) is 1. The molecule has 1 unspecified atom stereocenters. The number of amides is 1. The van der Waals surface area contributed by atoms with Crippen LogP contribution in [-0.2, 0) is 16.0 Å². The van der Waals surface area contributed by atoms with Gasteiger partial charge in [0.2, 0.25) is 0 Å². The molecule has 0 fully saturated rings. The lowest BCUT2D eigenvalue weighted by atomic mass is 10.1. The lowest BCUT2D eigenvalue weighted by Crippen LogP contribution is -2.44. The fourth-order valence-corrected chi connectivity index (χ4v) is 2.21. The molecule has 1 rings (SSSR count). The number of ether oxygens (including phenoxy) is 1. The number of hydrogen-bond acceptors (Lipinski definition) is 4. The highest BCUT2D eigenvalue weighted by atomic mass is 32.1. The molecular formula is C13H19NO4S. The molecule has 0 aliphatic rings. The smallest absolute Gasteiger partial charge is 0.408 e. The van der Waals surface area contributed by atoms with Gasteiger partial charge in [-0.2, -0.15) is 0 Å². The molecule has 0 saturated carbocycles. The SMILES string of the molecule is Cc1cc(CC(NC(=O)OC(C)(C)C)C(=O)O)cs1. The molecule has 106 valence electrons. The summed E-state index contributed by atoms with van der Waals surface area (Å²) in [6.45, 7) is 7.13. The quantitative estimate of drug-likeness (QED) is 0.891. The zero-order valence-electron chi connectivity index (χ0n) is 11.5. The first-order valence-corrected chi connectivity index (χ1v) is 6.81. The normalized spacial score (nSPS) is 12.8. The van der Waals surface area contributed by atoms with Crippen molar-refractivity contribution >= 4 is 23.4 Å². The van der Waals surface area contributed by atoms with Crippen molar-refractivity contribution in [3.8, 4) is 0 Å². The summed E-state index contributed by atoms with van der Waals surface area (Å²) >= 11 is 1.55. The third kappa shape index (κ3) is 5.74. The topological polar surface area (TPSA) is 75.6 Å².